The molecule has 12 nitrogen and oxygen atoms in total. The summed E-state index contributed by atoms with van der Waals surface area (Å²) in [6, 6.07) is 9.46. The van der Waals surface area contributed by atoms with Gasteiger partial charge in [0.1, 0.15) is 30.5 Å². The van der Waals surface area contributed by atoms with E-state index in [1.54, 1.807) is 36.4 Å². The maximum absolute atomic E-state index is 13.1. The number of hydrogen-bond acceptors (Lipinski definition) is 12. The van der Waals surface area contributed by atoms with Gasteiger partial charge in [-0.15, -0.1) is 0 Å². The minimum absolute atomic E-state index is 0.0300. The van der Waals surface area contributed by atoms with Crippen LogP contribution in [0.5, 0.6) is 23.0 Å². The van der Waals surface area contributed by atoms with Crippen LogP contribution in [0.2, 0.25) is 0 Å². The van der Waals surface area contributed by atoms with Crippen molar-refractivity contribution in [3.8, 4) is 23.0 Å². The number of ketones is 1. The summed E-state index contributed by atoms with van der Waals surface area (Å²) in [6.07, 6.45) is -10.2. The van der Waals surface area contributed by atoms with Gasteiger partial charge in [-0.2, -0.15) is 0 Å². The van der Waals surface area contributed by atoms with E-state index in [1.807, 2.05) is 0 Å². The Labute approximate surface area is 226 Å². The molecule has 39 heavy (non-hydrogen) atoms. The molecular weight excluding hydrogens is 516 g/mol. The number of methoxy groups -OCH3 is 4. The van der Waals surface area contributed by atoms with E-state index < -0.39 is 49.5 Å². The van der Waals surface area contributed by atoms with Crippen molar-refractivity contribution >= 4 is 5.78 Å². The fraction of sp³-hybridized carbons (Fsp3) is 0.519. The molecule has 1 fully saturated rings. The third kappa shape index (κ3) is 6.97. The van der Waals surface area contributed by atoms with Crippen molar-refractivity contribution in [3.05, 3.63) is 47.5 Å². The quantitative estimate of drug-likeness (QED) is 0.219. The van der Waals surface area contributed by atoms with Gasteiger partial charge >= 0.3 is 0 Å². The van der Waals surface area contributed by atoms with Crippen LogP contribution in [0.3, 0.4) is 0 Å². The molecule has 5 N–H and O–H groups in total. The number of carbonyl (C=O) groups is 1. The topological polar surface area (TPSA) is 174 Å². The van der Waals surface area contributed by atoms with E-state index >= 15 is 0 Å². The molecule has 0 spiro atoms. The summed E-state index contributed by atoms with van der Waals surface area (Å²) in [5.41, 5.74) is 0.709. The molecule has 12 heteroatoms. The van der Waals surface area contributed by atoms with Crippen LogP contribution in [-0.2, 0) is 9.47 Å². The van der Waals surface area contributed by atoms with Crippen LogP contribution in [0.4, 0.5) is 0 Å². The molecule has 0 aliphatic carbocycles. The van der Waals surface area contributed by atoms with E-state index in [-0.39, 0.29) is 18.6 Å². The van der Waals surface area contributed by atoms with Crippen molar-refractivity contribution in [1.82, 2.24) is 0 Å². The molecule has 1 heterocycles. The van der Waals surface area contributed by atoms with Gasteiger partial charge in [0.05, 0.1) is 41.2 Å². The molecular formula is C27H36O12. The molecule has 0 amide bonds. The average molecular weight is 553 g/mol. The summed E-state index contributed by atoms with van der Waals surface area (Å²) in [5.74, 6) is 1.34. The number of aliphatic hydroxyl groups excluding tert-OH is 5. The smallest absolute Gasteiger partial charge is 0.187 e. The average Bonchev–Trinajstić information content (AvgIpc) is 2.97. The Bertz CT molecular complexity index is 1090. The normalized spacial score (nSPS) is 24.5. The van der Waals surface area contributed by atoms with Crippen molar-refractivity contribution in [1.29, 1.82) is 0 Å². The van der Waals surface area contributed by atoms with Crippen LogP contribution in [0.1, 0.15) is 34.9 Å². The van der Waals surface area contributed by atoms with Gasteiger partial charge in [0, 0.05) is 12.0 Å². The molecule has 0 aromatic heterocycles. The SMILES string of the molecule is COc1ccc(C(=O)CCC(OC2OC(CO)C(O)C(O)C2O)C(O)c2ccc(OC)c(OC)c2)cc1OC. The number of carbonyl (C=O) groups excluding carboxylic acids is 1. The zero-order valence-electron chi connectivity index (χ0n) is 22.2. The van der Waals surface area contributed by atoms with E-state index in [4.69, 9.17) is 28.4 Å². The molecule has 7 unspecified atom stereocenters. The highest BCUT2D eigenvalue weighted by Crippen LogP contribution is 2.35. The molecule has 2 aromatic carbocycles. The lowest BCUT2D eigenvalue weighted by atomic mass is 9.96. The summed E-state index contributed by atoms with van der Waals surface area (Å²) in [4.78, 5) is 13.1. The molecule has 1 saturated heterocycles. The van der Waals surface area contributed by atoms with Crippen molar-refractivity contribution in [2.75, 3.05) is 35.0 Å². The van der Waals surface area contributed by atoms with Gasteiger partial charge in [-0.3, -0.25) is 4.79 Å². The first-order chi connectivity index (χ1) is 18.7. The molecule has 0 saturated carbocycles. The van der Waals surface area contributed by atoms with Gasteiger partial charge in [-0.05, 0) is 42.3 Å². The lowest BCUT2D eigenvalue weighted by molar-refractivity contribution is -0.317. The Balaban J connectivity index is 1.86. The van der Waals surface area contributed by atoms with Crippen LogP contribution in [0.15, 0.2) is 36.4 Å². The Morgan fingerprint density at radius 3 is 2.03 bits per heavy atom. The predicted molar refractivity (Wildman–Crippen MR) is 136 cm³/mol. The van der Waals surface area contributed by atoms with Crippen molar-refractivity contribution < 1.29 is 58.7 Å². The molecule has 2 aromatic rings. The largest absolute Gasteiger partial charge is 0.493 e. The van der Waals surface area contributed by atoms with Gasteiger partial charge < -0.3 is 54.0 Å². The fourth-order valence-corrected chi connectivity index (χ4v) is 4.33. The first kappa shape index (κ1) is 30.6. The molecule has 3 rings (SSSR count). The highest BCUT2D eigenvalue weighted by Gasteiger charge is 2.45. The Morgan fingerprint density at radius 2 is 1.44 bits per heavy atom. The van der Waals surface area contributed by atoms with Gasteiger partial charge in [0.15, 0.2) is 35.1 Å². The fourth-order valence-electron chi connectivity index (χ4n) is 4.33. The van der Waals surface area contributed by atoms with E-state index in [0.717, 1.165) is 0 Å². The van der Waals surface area contributed by atoms with E-state index in [1.165, 1.54) is 28.4 Å². The second kappa shape index (κ2) is 13.9. The maximum atomic E-state index is 13.1. The van der Waals surface area contributed by atoms with Gasteiger partial charge in [-0.1, -0.05) is 6.07 Å². The van der Waals surface area contributed by atoms with Crippen molar-refractivity contribution in [3.63, 3.8) is 0 Å². The highest BCUT2D eigenvalue weighted by atomic mass is 16.7. The summed E-state index contributed by atoms with van der Waals surface area (Å²) in [7, 11) is 5.85. The summed E-state index contributed by atoms with van der Waals surface area (Å²) < 4.78 is 32.4. The second-order valence-corrected chi connectivity index (χ2v) is 8.96. The minimum atomic E-state index is -1.69. The molecule has 7 atom stereocenters. The molecule has 0 radical (unpaired) electrons. The number of benzene rings is 2. The number of ether oxygens (including phenoxy) is 6. The monoisotopic (exact) mass is 552 g/mol. The van der Waals surface area contributed by atoms with E-state index in [0.29, 0.717) is 34.1 Å². The predicted octanol–water partition coefficient (Wildman–Crippen LogP) is 0.603. The summed E-state index contributed by atoms with van der Waals surface area (Å²) >= 11 is 0. The summed E-state index contributed by atoms with van der Waals surface area (Å²) in [6.45, 7) is -0.647. The van der Waals surface area contributed by atoms with Crippen LogP contribution in [-0.4, -0.2) is 103 Å². The molecule has 216 valence electrons. The highest BCUT2D eigenvalue weighted by molar-refractivity contribution is 5.96. The van der Waals surface area contributed by atoms with Crippen molar-refractivity contribution in [2.45, 2.75) is 55.8 Å². The molecule has 0 bridgehead atoms. The summed E-state index contributed by atoms with van der Waals surface area (Å²) in [5, 5.41) is 51.6. The number of Topliss-reactive ketones (excluding diaryl/α,β-unsaturated/α-hetero) is 1. The number of aliphatic hydroxyl groups is 5. The lowest BCUT2D eigenvalue weighted by Crippen LogP contribution is -2.59. The minimum Gasteiger partial charge on any atom is -0.493 e. The van der Waals surface area contributed by atoms with Crippen LogP contribution >= 0.6 is 0 Å². The van der Waals surface area contributed by atoms with Gasteiger partial charge in [0.2, 0.25) is 0 Å². The Kier molecular flexibility index (Phi) is 10.9. The third-order valence-electron chi connectivity index (χ3n) is 6.62. The van der Waals surface area contributed by atoms with E-state index in [9.17, 15) is 30.3 Å². The third-order valence-corrected chi connectivity index (χ3v) is 6.62. The van der Waals surface area contributed by atoms with E-state index in [2.05, 4.69) is 0 Å². The van der Waals surface area contributed by atoms with Crippen LogP contribution < -0.4 is 18.9 Å². The lowest BCUT2D eigenvalue weighted by Gasteiger charge is -2.41. The first-order valence-electron chi connectivity index (χ1n) is 12.3. The second-order valence-electron chi connectivity index (χ2n) is 8.96. The van der Waals surface area contributed by atoms with Crippen LogP contribution in [0.25, 0.3) is 0 Å². The first-order valence-corrected chi connectivity index (χ1v) is 12.3. The zero-order chi connectivity index (χ0) is 28.7. The zero-order valence-corrected chi connectivity index (χ0v) is 22.2. The molecule has 1 aliphatic rings. The van der Waals surface area contributed by atoms with Crippen LogP contribution in [0, 0.1) is 0 Å². The van der Waals surface area contributed by atoms with Gasteiger partial charge in [0.25, 0.3) is 0 Å². The molecule has 1 aliphatic heterocycles. The van der Waals surface area contributed by atoms with Crippen molar-refractivity contribution in [2.24, 2.45) is 0 Å². The maximum Gasteiger partial charge on any atom is 0.187 e. The number of hydrogen-bond donors (Lipinski definition) is 5. The van der Waals surface area contributed by atoms with Gasteiger partial charge in [-0.25, -0.2) is 0 Å². The Morgan fingerprint density at radius 1 is 0.846 bits per heavy atom. The number of rotatable bonds is 13. The standard InChI is InChI=1S/C27H36O12/c1-34-17-8-5-14(11-20(17)36-3)16(29)7-10-19(23(30)15-6-9-18(35-2)21(12-15)37-4)38-27-26(33)25(32)24(31)22(13-28)39-27/h5-6,8-9,11-12,19,22-28,30-33H,7,10,13H2,1-4H3. The Hall–Kier alpha value is -2.97.